The highest BCUT2D eigenvalue weighted by atomic mass is 127. The maximum atomic E-state index is 12.9. The molecule has 0 saturated heterocycles. The van der Waals surface area contributed by atoms with E-state index in [0.717, 1.165) is 5.56 Å². The summed E-state index contributed by atoms with van der Waals surface area (Å²) in [4.78, 5) is 0. The Balaban J connectivity index is 3.21. The van der Waals surface area contributed by atoms with Gasteiger partial charge in [0.05, 0.1) is 8.04 Å². The maximum absolute atomic E-state index is 12.9. The largest absolute Gasteiger partial charge is 0.205 e. The highest BCUT2D eigenvalue weighted by Crippen LogP contribution is 2.23. The molecule has 4 heteroatoms. The van der Waals surface area contributed by atoms with Crippen LogP contribution >= 0.6 is 50.1 Å². The molecule has 0 radical (unpaired) electrons. The SMILES string of the molecule is Fc1c(Br)cc(CCl)cc1I. The molecule has 1 aromatic rings. The summed E-state index contributed by atoms with van der Waals surface area (Å²) in [6, 6.07) is 3.41. The molecule has 0 saturated carbocycles. The fourth-order valence-corrected chi connectivity index (χ4v) is 2.41. The van der Waals surface area contributed by atoms with Gasteiger partial charge in [-0.25, -0.2) is 4.39 Å². The van der Waals surface area contributed by atoms with Crippen LogP contribution in [0.25, 0.3) is 0 Å². The number of rotatable bonds is 1. The van der Waals surface area contributed by atoms with Crippen LogP contribution in [0, 0.1) is 9.39 Å². The van der Waals surface area contributed by atoms with E-state index in [0.29, 0.717) is 13.9 Å². The Morgan fingerprint density at radius 1 is 1.55 bits per heavy atom. The zero-order valence-electron chi connectivity index (χ0n) is 5.37. The molecule has 0 atom stereocenters. The summed E-state index contributed by atoms with van der Waals surface area (Å²) in [5, 5.41) is 0. The van der Waals surface area contributed by atoms with E-state index in [1.165, 1.54) is 0 Å². The standard InChI is InChI=1S/C7H4BrClFI/c8-5-1-4(3-9)2-6(11)7(5)10/h1-2H,3H2. The third-order valence-corrected chi connectivity index (χ3v) is 2.87. The summed E-state index contributed by atoms with van der Waals surface area (Å²) >= 11 is 10.6. The summed E-state index contributed by atoms with van der Waals surface area (Å²) in [5.74, 6) is 0.189. The number of hydrogen-bond donors (Lipinski definition) is 0. The van der Waals surface area contributed by atoms with Crippen molar-refractivity contribution in [1.29, 1.82) is 0 Å². The fourth-order valence-electron chi connectivity index (χ4n) is 0.685. The number of hydrogen-bond acceptors (Lipinski definition) is 0. The first kappa shape index (κ1) is 9.74. The molecule has 1 aromatic carbocycles. The van der Waals surface area contributed by atoms with Crippen molar-refractivity contribution in [2.45, 2.75) is 5.88 Å². The molecule has 0 spiro atoms. The van der Waals surface area contributed by atoms with Crippen LogP contribution in [0.4, 0.5) is 4.39 Å². The third-order valence-electron chi connectivity index (χ3n) is 1.20. The molecule has 0 heterocycles. The van der Waals surface area contributed by atoms with Crippen molar-refractivity contribution in [3.05, 3.63) is 31.6 Å². The molecule has 0 amide bonds. The van der Waals surface area contributed by atoms with Gasteiger partial charge in [-0.3, -0.25) is 0 Å². The monoisotopic (exact) mass is 348 g/mol. The van der Waals surface area contributed by atoms with E-state index in [4.69, 9.17) is 11.6 Å². The molecule has 0 aliphatic rings. The lowest BCUT2D eigenvalue weighted by Gasteiger charge is -2.00. The van der Waals surface area contributed by atoms with E-state index in [-0.39, 0.29) is 5.82 Å². The summed E-state index contributed by atoms with van der Waals surface area (Å²) in [6.07, 6.45) is 0. The summed E-state index contributed by atoms with van der Waals surface area (Å²) in [5.41, 5.74) is 0.921. The van der Waals surface area contributed by atoms with Crippen LogP contribution in [-0.2, 0) is 5.88 Å². The predicted octanol–water partition coefficient (Wildman–Crippen LogP) is 3.93. The second kappa shape index (κ2) is 4.05. The second-order valence-electron chi connectivity index (χ2n) is 2.01. The zero-order chi connectivity index (χ0) is 8.43. The van der Waals surface area contributed by atoms with E-state index >= 15 is 0 Å². The van der Waals surface area contributed by atoms with Gasteiger partial charge in [0.2, 0.25) is 0 Å². The number of halogens is 4. The van der Waals surface area contributed by atoms with E-state index in [9.17, 15) is 4.39 Å². The zero-order valence-corrected chi connectivity index (χ0v) is 9.87. The molecular formula is C7H4BrClFI. The van der Waals surface area contributed by atoms with Gasteiger partial charge in [-0.05, 0) is 56.2 Å². The first-order chi connectivity index (χ1) is 5.15. The lowest BCUT2D eigenvalue weighted by molar-refractivity contribution is 0.613. The van der Waals surface area contributed by atoms with Gasteiger partial charge in [-0.15, -0.1) is 11.6 Å². The molecule has 1 rings (SSSR count). The van der Waals surface area contributed by atoms with Crippen LogP contribution in [0.15, 0.2) is 16.6 Å². The molecule has 0 N–H and O–H groups in total. The Morgan fingerprint density at radius 3 is 2.64 bits per heavy atom. The van der Waals surface area contributed by atoms with Gasteiger partial charge < -0.3 is 0 Å². The second-order valence-corrected chi connectivity index (χ2v) is 4.29. The highest BCUT2D eigenvalue weighted by molar-refractivity contribution is 14.1. The number of alkyl halides is 1. The van der Waals surface area contributed by atoms with Crippen LogP contribution in [0.2, 0.25) is 0 Å². The summed E-state index contributed by atoms with van der Waals surface area (Å²) in [6.45, 7) is 0. The Bertz CT molecular complexity index is 254. The lowest BCUT2D eigenvalue weighted by atomic mass is 10.2. The van der Waals surface area contributed by atoms with Crippen LogP contribution in [-0.4, -0.2) is 0 Å². The highest BCUT2D eigenvalue weighted by Gasteiger charge is 2.05. The average molecular weight is 349 g/mol. The molecular weight excluding hydrogens is 345 g/mol. The minimum atomic E-state index is -0.223. The Labute approximate surface area is 91.4 Å². The minimum absolute atomic E-state index is 0.223. The number of benzene rings is 1. The Kier molecular flexibility index (Phi) is 3.58. The maximum Gasteiger partial charge on any atom is 0.150 e. The van der Waals surface area contributed by atoms with Crippen LogP contribution in [0.1, 0.15) is 5.56 Å². The first-order valence-electron chi connectivity index (χ1n) is 2.84. The predicted molar refractivity (Wildman–Crippen MR) is 56.4 cm³/mol. The Morgan fingerprint density at radius 2 is 2.18 bits per heavy atom. The van der Waals surface area contributed by atoms with Crippen LogP contribution < -0.4 is 0 Å². The quantitative estimate of drug-likeness (QED) is 0.409. The molecule has 0 aliphatic carbocycles. The van der Waals surface area contributed by atoms with Crippen molar-refractivity contribution >= 4 is 50.1 Å². The van der Waals surface area contributed by atoms with Crippen molar-refractivity contribution in [3.63, 3.8) is 0 Å². The third kappa shape index (κ3) is 2.29. The van der Waals surface area contributed by atoms with E-state index in [1.807, 2.05) is 22.6 Å². The van der Waals surface area contributed by atoms with Gasteiger partial charge in [0.25, 0.3) is 0 Å². The van der Waals surface area contributed by atoms with Gasteiger partial charge in [-0.2, -0.15) is 0 Å². The molecule has 0 bridgehead atoms. The van der Waals surface area contributed by atoms with Crippen LogP contribution in [0.3, 0.4) is 0 Å². The minimum Gasteiger partial charge on any atom is -0.205 e. The van der Waals surface area contributed by atoms with Crippen molar-refractivity contribution in [2.24, 2.45) is 0 Å². The average Bonchev–Trinajstić information content (AvgIpc) is 1.99. The van der Waals surface area contributed by atoms with Crippen LogP contribution in [0.5, 0.6) is 0 Å². The summed E-state index contributed by atoms with van der Waals surface area (Å²) in [7, 11) is 0. The molecule has 0 fully saturated rings. The first-order valence-corrected chi connectivity index (χ1v) is 5.25. The van der Waals surface area contributed by atoms with Gasteiger partial charge in [0.15, 0.2) is 5.82 Å². The van der Waals surface area contributed by atoms with Gasteiger partial charge >= 0.3 is 0 Å². The van der Waals surface area contributed by atoms with E-state index in [2.05, 4.69) is 15.9 Å². The lowest BCUT2D eigenvalue weighted by Crippen LogP contribution is -1.87. The summed E-state index contributed by atoms with van der Waals surface area (Å²) < 4.78 is 14.0. The van der Waals surface area contributed by atoms with E-state index in [1.54, 1.807) is 12.1 Å². The molecule has 0 nitrogen and oxygen atoms in total. The van der Waals surface area contributed by atoms with Gasteiger partial charge in [0.1, 0.15) is 0 Å². The molecule has 11 heavy (non-hydrogen) atoms. The van der Waals surface area contributed by atoms with Crippen molar-refractivity contribution in [2.75, 3.05) is 0 Å². The normalized spacial score (nSPS) is 10.2. The smallest absolute Gasteiger partial charge is 0.150 e. The molecule has 0 aliphatic heterocycles. The van der Waals surface area contributed by atoms with Crippen molar-refractivity contribution in [3.8, 4) is 0 Å². The van der Waals surface area contributed by atoms with Gasteiger partial charge in [0, 0.05) is 5.88 Å². The molecule has 0 aromatic heterocycles. The topological polar surface area (TPSA) is 0 Å². The Hall–Kier alpha value is 0.650. The fraction of sp³-hybridized carbons (Fsp3) is 0.143. The van der Waals surface area contributed by atoms with E-state index < -0.39 is 0 Å². The van der Waals surface area contributed by atoms with Crippen molar-refractivity contribution in [1.82, 2.24) is 0 Å². The molecule has 60 valence electrons. The van der Waals surface area contributed by atoms with Gasteiger partial charge in [-0.1, -0.05) is 0 Å². The van der Waals surface area contributed by atoms with Crippen molar-refractivity contribution < 1.29 is 4.39 Å². The molecule has 0 unspecified atom stereocenters.